The van der Waals surface area contributed by atoms with E-state index < -0.39 is 0 Å². The monoisotopic (exact) mass is 291 g/mol. The Hall–Kier alpha value is -1.65. The molecule has 19 heavy (non-hydrogen) atoms. The maximum atomic E-state index is 5.92. The Morgan fingerprint density at radius 1 is 1.26 bits per heavy atom. The summed E-state index contributed by atoms with van der Waals surface area (Å²) in [6.45, 7) is 2.04. The van der Waals surface area contributed by atoms with Gasteiger partial charge in [0.15, 0.2) is 5.11 Å². The van der Waals surface area contributed by atoms with Gasteiger partial charge in [-0.2, -0.15) is 0 Å². The number of aromatic nitrogens is 1. The number of anilines is 1. The molecule has 2 N–H and O–H groups in total. The molecule has 5 heteroatoms. The summed E-state index contributed by atoms with van der Waals surface area (Å²) in [4.78, 5) is 3.99. The molecule has 1 atom stereocenters. The Morgan fingerprint density at radius 3 is 2.68 bits per heavy atom. The predicted octanol–water partition coefficient (Wildman–Crippen LogP) is 3.78. The number of pyridine rings is 1. The fourth-order valence-corrected chi connectivity index (χ4v) is 2.15. The van der Waals surface area contributed by atoms with Gasteiger partial charge in [-0.15, -0.1) is 0 Å². The van der Waals surface area contributed by atoms with Crippen molar-refractivity contribution < 1.29 is 0 Å². The average molecular weight is 292 g/mol. The molecule has 0 saturated carbocycles. The van der Waals surface area contributed by atoms with Crippen LogP contribution in [0.5, 0.6) is 0 Å². The van der Waals surface area contributed by atoms with Crippen LogP contribution in [0.3, 0.4) is 0 Å². The summed E-state index contributed by atoms with van der Waals surface area (Å²) in [5.41, 5.74) is 2.00. The summed E-state index contributed by atoms with van der Waals surface area (Å²) in [6, 6.07) is 11.5. The maximum Gasteiger partial charge on any atom is 0.171 e. The van der Waals surface area contributed by atoms with Gasteiger partial charge in [0.1, 0.15) is 0 Å². The van der Waals surface area contributed by atoms with Crippen LogP contribution in [0.4, 0.5) is 5.69 Å². The first-order valence-electron chi connectivity index (χ1n) is 5.88. The highest BCUT2D eigenvalue weighted by atomic mass is 35.5. The minimum atomic E-state index is 0.113. The zero-order valence-electron chi connectivity index (χ0n) is 10.4. The van der Waals surface area contributed by atoms with Crippen molar-refractivity contribution in [2.75, 3.05) is 5.32 Å². The quantitative estimate of drug-likeness (QED) is 0.844. The molecule has 2 rings (SSSR count). The number of nitrogens with one attached hydrogen (secondary N) is 2. The highest BCUT2D eigenvalue weighted by Crippen LogP contribution is 2.15. The molecule has 1 unspecified atom stereocenters. The minimum Gasteiger partial charge on any atom is -0.356 e. The van der Waals surface area contributed by atoms with Crippen molar-refractivity contribution in [2.24, 2.45) is 0 Å². The van der Waals surface area contributed by atoms with E-state index in [0.29, 0.717) is 10.1 Å². The Labute approximate surface area is 123 Å². The van der Waals surface area contributed by atoms with E-state index >= 15 is 0 Å². The molecule has 1 heterocycles. The summed E-state index contributed by atoms with van der Waals surface area (Å²) >= 11 is 11.2. The summed E-state index contributed by atoms with van der Waals surface area (Å²) in [5.74, 6) is 0. The number of benzene rings is 1. The van der Waals surface area contributed by atoms with E-state index in [0.717, 1.165) is 11.3 Å². The Morgan fingerprint density at radius 2 is 2.00 bits per heavy atom. The van der Waals surface area contributed by atoms with Crippen molar-refractivity contribution in [1.82, 2.24) is 10.3 Å². The average Bonchev–Trinajstić information content (AvgIpc) is 2.39. The van der Waals surface area contributed by atoms with Crippen LogP contribution in [0.15, 0.2) is 48.8 Å². The maximum absolute atomic E-state index is 5.92. The van der Waals surface area contributed by atoms with Crippen molar-refractivity contribution >= 4 is 34.6 Å². The standard InChI is InChI=1S/C14H14ClN3S/c1-10(11-5-7-16-8-6-11)17-14(19)18-13-4-2-3-12(15)9-13/h2-10H,1H3,(H2,17,18,19). The summed E-state index contributed by atoms with van der Waals surface area (Å²) < 4.78 is 0. The summed E-state index contributed by atoms with van der Waals surface area (Å²) in [7, 11) is 0. The minimum absolute atomic E-state index is 0.113. The van der Waals surface area contributed by atoms with E-state index in [4.69, 9.17) is 23.8 Å². The van der Waals surface area contributed by atoms with Crippen LogP contribution in [-0.2, 0) is 0 Å². The molecule has 0 fully saturated rings. The molecular weight excluding hydrogens is 278 g/mol. The number of nitrogens with zero attached hydrogens (tertiary/aromatic N) is 1. The smallest absolute Gasteiger partial charge is 0.171 e. The zero-order chi connectivity index (χ0) is 13.7. The fourth-order valence-electron chi connectivity index (χ4n) is 1.67. The molecule has 0 saturated heterocycles. The molecule has 0 aliphatic carbocycles. The molecule has 3 nitrogen and oxygen atoms in total. The summed E-state index contributed by atoms with van der Waals surface area (Å²) in [6.07, 6.45) is 3.53. The second kappa shape index (κ2) is 6.50. The number of thiocarbonyl (C=S) groups is 1. The Bertz CT molecular complexity index is 560. The molecule has 0 bridgehead atoms. The van der Waals surface area contributed by atoms with Crippen LogP contribution in [0.1, 0.15) is 18.5 Å². The normalized spacial score (nSPS) is 11.7. The first-order chi connectivity index (χ1) is 9.15. The van der Waals surface area contributed by atoms with Gasteiger partial charge in [0, 0.05) is 23.1 Å². The molecule has 1 aromatic heterocycles. The molecule has 0 aliphatic rings. The molecule has 0 aliphatic heterocycles. The van der Waals surface area contributed by atoms with E-state index in [1.807, 2.05) is 43.3 Å². The topological polar surface area (TPSA) is 37.0 Å². The van der Waals surface area contributed by atoms with Crippen LogP contribution in [-0.4, -0.2) is 10.1 Å². The molecule has 0 spiro atoms. The van der Waals surface area contributed by atoms with E-state index in [2.05, 4.69) is 15.6 Å². The Kier molecular flexibility index (Phi) is 4.71. The van der Waals surface area contributed by atoms with Crippen LogP contribution in [0.2, 0.25) is 5.02 Å². The lowest BCUT2D eigenvalue weighted by Crippen LogP contribution is -2.30. The predicted molar refractivity (Wildman–Crippen MR) is 83.5 cm³/mol. The summed E-state index contributed by atoms with van der Waals surface area (Å²) in [5, 5.41) is 7.55. The third-order valence-electron chi connectivity index (χ3n) is 2.64. The van der Waals surface area contributed by atoms with Crippen molar-refractivity contribution in [1.29, 1.82) is 0 Å². The molecule has 2 aromatic rings. The third kappa shape index (κ3) is 4.19. The van der Waals surface area contributed by atoms with Crippen molar-refractivity contribution in [3.63, 3.8) is 0 Å². The van der Waals surface area contributed by atoms with Crippen LogP contribution < -0.4 is 10.6 Å². The number of rotatable bonds is 3. The van der Waals surface area contributed by atoms with E-state index in [1.165, 1.54) is 0 Å². The van der Waals surface area contributed by atoms with Crippen LogP contribution in [0, 0.1) is 0 Å². The van der Waals surface area contributed by atoms with Gasteiger partial charge in [-0.3, -0.25) is 4.98 Å². The molecule has 98 valence electrons. The van der Waals surface area contributed by atoms with Gasteiger partial charge in [0.2, 0.25) is 0 Å². The number of hydrogen-bond donors (Lipinski definition) is 2. The van der Waals surface area contributed by atoms with Gasteiger partial charge in [0.05, 0.1) is 6.04 Å². The van der Waals surface area contributed by atoms with Gasteiger partial charge in [-0.1, -0.05) is 17.7 Å². The lowest BCUT2D eigenvalue weighted by molar-refractivity contribution is 0.721. The van der Waals surface area contributed by atoms with Gasteiger partial charge in [0.25, 0.3) is 0 Å². The molecule has 0 radical (unpaired) electrons. The first-order valence-corrected chi connectivity index (χ1v) is 6.67. The van der Waals surface area contributed by atoms with Gasteiger partial charge < -0.3 is 10.6 Å². The van der Waals surface area contributed by atoms with E-state index in [9.17, 15) is 0 Å². The second-order valence-corrected chi connectivity index (χ2v) is 4.96. The molecular formula is C14H14ClN3S. The van der Waals surface area contributed by atoms with Crippen molar-refractivity contribution in [3.05, 3.63) is 59.4 Å². The highest BCUT2D eigenvalue weighted by Gasteiger charge is 2.06. The zero-order valence-corrected chi connectivity index (χ0v) is 12.0. The highest BCUT2D eigenvalue weighted by molar-refractivity contribution is 7.80. The van der Waals surface area contributed by atoms with E-state index in [1.54, 1.807) is 12.4 Å². The van der Waals surface area contributed by atoms with Crippen molar-refractivity contribution in [3.8, 4) is 0 Å². The van der Waals surface area contributed by atoms with Crippen LogP contribution >= 0.6 is 23.8 Å². The first kappa shape index (κ1) is 13.8. The third-order valence-corrected chi connectivity index (χ3v) is 3.09. The largest absolute Gasteiger partial charge is 0.356 e. The fraction of sp³-hybridized carbons (Fsp3) is 0.143. The van der Waals surface area contributed by atoms with Gasteiger partial charge >= 0.3 is 0 Å². The van der Waals surface area contributed by atoms with Gasteiger partial charge in [-0.25, -0.2) is 0 Å². The number of hydrogen-bond acceptors (Lipinski definition) is 2. The lowest BCUT2D eigenvalue weighted by Gasteiger charge is -2.17. The second-order valence-electron chi connectivity index (χ2n) is 4.11. The van der Waals surface area contributed by atoms with Crippen molar-refractivity contribution in [2.45, 2.75) is 13.0 Å². The van der Waals surface area contributed by atoms with Crippen LogP contribution in [0.25, 0.3) is 0 Å². The molecule has 0 amide bonds. The Balaban J connectivity index is 1.95. The number of halogens is 1. The van der Waals surface area contributed by atoms with E-state index in [-0.39, 0.29) is 6.04 Å². The lowest BCUT2D eigenvalue weighted by atomic mass is 10.1. The molecule has 1 aromatic carbocycles. The SMILES string of the molecule is CC(NC(=S)Nc1cccc(Cl)c1)c1ccncc1. The van der Waals surface area contributed by atoms with Gasteiger partial charge in [-0.05, 0) is 55.0 Å².